The van der Waals surface area contributed by atoms with Gasteiger partial charge in [-0.1, -0.05) is 0 Å². The minimum absolute atomic E-state index is 0.279. The molecular weight excluding hydrogens is 312 g/mol. The first-order valence-electron chi connectivity index (χ1n) is 8.03. The molecule has 1 saturated heterocycles. The molecule has 0 aromatic heterocycles. The molecule has 7 nitrogen and oxygen atoms in total. The van der Waals surface area contributed by atoms with Crippen molar-refractivity contribution in [3.8, 4) is 5.75 Å². The summed E-state index contributed by atoms with van der Waals surface area (Å²) in [6, 6.07) is 6.30. The van der Waals surface area contributed by atoms with Gasteiger partial charge in [0.15, 0.2) is 6.23 Å². The lowest BCUT2D eigenvalue weighted by Gasteiger charge is -2.31. The summed E-state index contributed by atoms with van der Waals surface area (Å²) in [7, 11) is 0. The second kappa shape index (κ2) is 7.31. The van der Waals surface area contributed by atoms with Crippen molar-refractivity contribution >= 4 is 5.91 Å². The molecule has 1 amide bonds. The fourth-order valence-corrected chi connectivity index (χ4v) is 2.98. The van der Waals surface area contributed by atoms with Gasteiger partial charge in [-0.25, -0.2) is 4.90 Å². The Morgan fingerprint density at radius 1 is 1.25 bits per heavy atom. The zero-order valence-electron chi connectivity index (χ0n) is 13.3. The maximum Gasteiger partial charge on any atom is 0.248 e. The standard InChI is InChI=1S/C17H22N2O5/c18-16(21)12-1-3-13(4-2-12)24-14-9-15(20)19(17(14)22)10-11-5-7-23-8-6-11/h1-4,9,11,15,17,20,22H,5-8,10H2,(H2,18,21). The number of benzene rings is 1. The van der Waals surface area contributed by atoms with Gasteiger partial charge in [0.1, 0.15) is 17.7 Å². The number of ether oxygens (including phenoxy) is 2. The summed E-state index contributed by atoms with van der Waals surface area (Å²) in [6.45, 7) is 2.01. The van der Waals surface area contributed by atoms with Crippen LogP contribution in [0.3, 0.4) is 0 Å². The third-order valence-corrected chi connectivity index (χ3v) is 4.41. The quantitative estimate of drug-likeness (QED) is 0.721. The van der Waals surface area contributed by atoms with E-state index in [1.165, 1.54) is 6.08 Å². The number of amides is 1. The smallest absolute Gasteiger partial charge is 0.248 e. The van der Waals surface area contributed by atoms with E-state index in [0.29, 0.717) is 37.0 Å². The summed E-state index contributed by atoms with van der Waals surface area (Å²) in [5, 5.41) is 20.6. The van der Waals surface area contributed by atoms with Crippen LogP contribution in [0.5, 0.6) is 5.75 Å². The van der Waals surface area contributed by atoms with Crippen LogP contribution >= 0.6 is 0 Å². The molecule has 0 saturated carbocycles. The van der Waals surface area contributed by atoms with E-state index in [0.717, 1.165) is 12.8 Å². The van der Waals surface area contributed by atoms with Crippen LogP contribution in [-0.4, -0.2) is 53.2 Å². The third kappa shape index (κ3) is 3.76. The molecule has 24 heavy (non-hydrogen) atoms. The van der Waals surface area contributed by atoms with Crippen molar-refractivity contribution < 1.29 is 24.5 Å². The highest BCUT2D eigenvalue weighted by molar-refractivity contribution is 5.92. The fourth-order valence-electron chi connectivity index (χ4n) is 2.98. The van der Waals surface area contributed by atoms with E-state index >= 15 is 0 Å². The number of carbonyl (C=O) groups excluding carboxylic acids is 1. The number of hydrogen-bond donors (Lipinski definition) is 3. The van der Waals surface area contributed by atoms with E-state index in [-0.39, 0.29) is 5.76 Å². The first-order chi connectivity index (χ1) is 11.5. The normalized spacial score (nSPS) is 25.5. The maximum atomic E-state index is 11.1. The number of hydrogen-bond acceptors (Lipinski definition) is 6. The van der Waals surface area contributed by atoms with Crippen LogP contribution in [0.25, 0.3) is 0 Å². The van der Waals surface area contributed by atoms with E-state index in [9.17, 15) is 15.0 Å². The van der Waals surface area contributed by atoms with E-state index < -0.39 is 18.4 Å². The van der Waals surface area contributed by atoms with Crippen LogP contribution in [0.4, 0.5) is 0 Å². The van der Waals surface area contributed by atoms with E-state index in [4.69, 9.17) is 15.2 Å². The number of aliphatic hydroxyl groups is 2. The molecule has 2 atom stereocenters. The third-order valence-electron chi connectivity index (χ3n) is 4.41. The van der Waals surface area contributed by atoms with E-state index in [2.05, 4.69) is 0 Å². The predicted octanol–water partition coefficient (Wildman–Crippen LogP) is 0.427. The first kappa shape index (κ1) is 16.9. The summed E-state index contributed by atoms with van der Waals surface area (Å²) in [5.74, 6) is 0.608. The van der Waals surface area contributed by atoms with Crippen LogP contribution < -0.4 is 10.5 Å². The van der Waals surface area contributed by atoms with Crippen LogP contribution in [0.1, 0.15) is 23.2 Å². The van der Waals surface area contributed by atoms with Gasteiger partial charge < -0.3 is 25.4 Å². The van der Waals surface area contributed by atoms with Gasteiger partial charge in [-0.05, 0) is 43.0 Å². The molecule has 1 aromatic rings. The van der Waals surface area contributed by atoms with Gasteiger partial charge >= 0.3 is 0 Å². The molecule has 3 rings (SSSR count). The van der Waals surface area contributed by atoms with Gasteiger partial charge in [-0.3, -0.25) is 4.79 Å². The molecular formula is C17H22N2O5. The van der Waals surface area contributed by atoms with Gasteiger partial charge in [-0.2, -0.15) is 0 Å². The lowest BCUT2D eigenvalue weighted by atomic mass is 10.00. The van der Waals surface area contributed by atoms with Crippen molar-refractivity contribution in [2.75, 3.05) is 19.8 Å². The van der Waals surface area contributed by atoms with Gasteiger partial charge in [0.2, 0.25) is 5.91 Å². The van der Waals surface area contributed by atoms with Crippen LogP contribution in [0.15, 0.2) is 36.1 Å². The summed E-state index contributed by atoms with van der Waals surface area (Å²) in [5.41, 5.74) is 5.57. The number of aliphatic hydroxyl groups excluding tert-OH is 2. The lowest BCUT2D eigenvalue weighted by molar-refractivity contribution is -0.0691. The fraction of sp³-hybridized carbons (Fsp3) is 0.471. The molecule has 2 aliphatic rings. The molecule has 0 bridgehead atoms. The lowest BCUT2D eigenvalue weighted by Crippen LogP contribution is -2.42. The molecule has 0 aliphatic carbocycles. The Kier molecular flexibility index (Phi) is 5.15. The van der Waals surface area contributed by atoms with Crippen molar-refractivity contribution in [2.24, 2.45) is 11.7 Å². The maximum absolute atomic E-state index is 11.1. The Morgan fingerprint density at radius 3 is 2.54 bits per heavy atom. The average Bonchev–Trinajstić information content (AvgIpc) is 2.84. The number of primary amides is 1. The molecule has 1 fully saturated rings. The van der Waals surface area contributed by atoms with Crippen molar-refractivity contribution in [3.05, 3.63) is 41.7 Å². The van der Waals surface area contributed by atoms with Crippen LogP contribution in [-0.2, 0) is 4.74 Å². The van der Waals surface area contributed by atoms with Crippen molar-refractivity contribution in [3.63, 3.8) is 0 Å². The second-order valence-electron chi connectivity index (χ2n) is 6.10. The Labute approximate surface area is 140 Å². The SMILES string of the molecule is NC(=O)c1ccc(OC2=CC(O)N(CC3CCOCC3)C2O)cc1. The molecule has 2 unspecified atom stereocenters. The first-order valence-corrected chi connectivity index (χ1v) is 8.03. The summed E-state index contributed by atoms with van der Waals surface area (Å²) >= 11 is 0. The Morgan fingerprint density at radius 2 is 1.92 bits per heavy atom. The minimum atomic E-state index is -1.00. The van der Waals surface area contributed by atoms with Gasteiger partial charge in [0, 0.05) is 31.4 Å². The number of carbonyl (C=O) groups is 1. The number of rotatable bonds is 5. The molecule has 130 valence electrons. The second-order valence-corrected chi connectivity index (χ2v) is 6.10. The zero-order valence-corrected chi connectivity index (χ0v) is 13.3. The highest BCUT2D eigenvalue weighted by atomic mass is 16.5. The van der Waals surface area contributed by atoms with Gasteiger partial charge in [0.05, 0.1) is 0 Å². The largest absolute Gasteiger partial charge is 0.458 e. The van der Waals surface area contributed by atoms with Gasteiger partial charge in [-0.15, -0.1) is 0 Å². The Bertz CT molecular complexity index is 610. The van der Waals surface area contributed by atoms with Crippen LogP contribution in [0.2, 0.25) is 0 Å². The van der Waals surface area contributed by atoms with E-state index in [1.54, 1.807) is 29.2 Å². The number of nitrogens with zero attached hydrogens (tertiary/aromatic N) is 1. The molecule has 0 spiro atoms. The monoisotopic (exact) mass is 334 g/mol. The minimum Gasteiger partial charge on any atom is -0.458 e. The molecule has 2 heterocycles. The van der Waals surface area contributed by atoms with Crippen molar-refractivity contribution in [1.29, 1.82) is 0 Å². The highest BCUT2D eigenvalue weighted by Gasteiger charge is 2.35. The predicted molar refractivity (Wildman–Crippen MR) is 85.9 cm³/mol. The van der Waals surface area contributed by atoms with Crippen molar-refractivity contribution in [2.45, 2.75) is 25.3 Å². The molecule has 1 aromatic carbocycles. The van der Waals surface area contributed by atoms with Gasteiger partial charge in [0.25, 0.3) is 0 Å². The Balaban J connectivity index is 1.62. The molecule has 2 aliphatic heterocycles. The number of nitrogens with two attached hydrogens (primary N) is 1. The van der Waals surface area contributed by atoms with Crippen LogP contribution in [0, 0.1) is 5.92 Å². The van der Waals surface area contributed by atoms with E-state index in [1.807, 2.05) is 0 Å². The molecule has 7 heteroatoms. The Hall–Kier alpha value is -1.93. The average molecular weight is 334 g/mol. The topological polar surface area (TPSA) is 105 Å². The zero-order chi connectivity index (χ0) is 17.1. The summed E-state index contributed by atoms with van der Waals surface area (Å²) in [4.78, 5) is 12.7. The highest BCUT2D eigenvalue weighted by Crippen LogP contribution is 2.27. The summed E-state index contributed by atoms with van der Waals surface area (Å²) < 4.78 is 11.0. The molecule has 4 N–H and O–H groups in total. The molecule has 0 radical (unpaired) electrons. The summed E-state index contributed by atoms with van der Waals surface area (Å²) in [6.07, 6.45) is 1.44. The van der Waals surface area contributed by atoms with Crippen molar-refractivity contribution in [1.82, 2.24) is 4.90 Å².